The fraction of sp³-hybridized carbons (Fsp3) is 0.381. The molecule has 0 aliphatic carbocycles. The predicted molar refractivity (Wildman–Crippen MR) is 104 cm³/mol. The highest BCUT2D eigenvalue weighted by Crippen LogP contribution is 2.27. The fourth-order valence-electron chi connectivity index (χ4n) is 3.43. The number of carbonyl (C=O) groups is 1. The second-order valence-corrected chi connectivity index (χ2v) is 6.70. The second-order valence-electron chi connectivity index (χ2n) is 6.70. The molecule has 0 aromatic heterocycles. The Hall–Kier alpha value is -2.33. The zero-order valence-electron chi connectivity index (χ0n) is 15.1. The van der Waals surface area contributed by atoms with E-state index in [4.69, 9.17) is 0 Å². The minimum atomic E-state index is -0.0383. The van der Waals surface area contributed by atoms with Crippen molar-refractivity contribution in [3.63, 3.8) is 0 Å². The molecule has 0 saturated heterocycles. The highest BCUT2D eigenvalue weighted by Gasteiger charge is 2.17. The molecule has 4 heteroatoms. The minimum Gasteiger partial charge on any atom is -0.371 e. The second kappa shape index (κ2) is 8.17. The number of hydrogen-bond donors (Lipinski definition) is 2. The van der Waals surface area contributed by atoms with Gasteiger partial charge in [0.15, 0.2) is 0 Å². The molecule has 4 nitrogen and oxygen atoms in total. The summed E-state index contributed by atoms with van der Waals surface area (Å²) in [6, 6.07) is 17.0. The van der Waals surface area contributed by atoms with Gasteiger partial charge in [0.25, 0.3) is 0 Å². The molecule has 132 valence electrons. The SMILES string of the molecule is CC(=O)Nc1cccc(C(C)NCCCN2CCc3ccccc32)c1. The van der Waals surface area contributed by atoms with E-state index in [0.717, 1.165) is 38.2 Å². The van der Waals surface area contributed by atoms with Crippen LogP contribution in [0.25, 0.3) is 0 Å². The van der Waals surface area contributed by atoms with Crippen molar-refractivity contribution in [1.82, 2.24) is 5.32 Å². The molecule has 0 spiro atoms. The molecule has 1 amide bonds. The molecule has 2 aromatic carbocycles. The van der Waals surface area contributed by atoms with Crippen LogP contribution in [0.2, 0.25) is 0 Å². The van der Waals surface area contributed by atoms with Gasteiger partial charge in [0.05, 0.1) is 0 Å². The third kappa shape index (κ3) is 4.60. The standard InChI is InChI=1S/C21H27N3O/c1-16(19-8-5-9-20(15-19)23-17(2)25)22-12-6-13-24-14-11-18-7-3-4-10-21(18)24/h3-5,7-10,15-16,22H,6,11-14H2,1-2H3,(H,23,25). The molecule has 1 unspecified atom stereocenters. The van der Waals surface area contributed by atoms with Crippen LogP contribution in [0.3, 0.4) is 0 Å². The number of nitrogens with zero attached hydrogens (tertiary/aromatic N) is 1. The van der Waals surface area contributed by atoms with Gasteiger partial charge in [-0.25, -0.2) is 0 Å². The lowest BCUT2D eigenvalue weighted by Crippen LogP contribution is -2.27. The van der Waals surface area contributed by atoms with Gasteiger partial charge in [0.1, 0.15) is 0 Å². The van der Waals surface area contributed by atoms with Gasteiger partial charge < -0.3 is 15.5 Å². The summed E-state index contributed by atoms with van der Waals surface area (Å²) >= 11 is 0. The zero-order valence-corrected chi connectivity index (χ0v) is 15.1. The van der Waals surface area contributed by atoms with Crippen molar-refractivity contribution >= 4 is 17.3 Å². The molecular weight excluding hydrogens is 310 g/mol. The molecular formula is C21H27N3O. The fourth-order valence-corrected chi connectivity index (χ4v) is 3.43. The number of fused-ring (bicyclic) bond motifs is 1. The Labute approximate surface area is 150 Å². The van der Waals surface area contributed by atoms with Crippen LogP contribution in [-0.2, 0) is 11.2 Å². The van der Waals surface area contributed by atoms with E-state index in [2.05, 4.69) is 52.8 Å². The number of carbonyl (C=O) groups excluding carboxylic acids is 1. The number of anilines is 2. The lowest BCUT2D eigenvalue weighted by atomic mass is 10.1. The number of nitrogens with one attached hydrogen (secondary N) is 2. The molecule has 2 N–H and O–H groups in total. The Morgan fingerprint density at radius 3 is 2.88 bits per heavy atom. The number of para-hydroxylation sites is 1. The summed E-state index contributed by atoms with van der Waals surface area (Å²) in [6.45, 7) is 6.89. The van der Waals surface area contributed by atoms with E-state index in [-0.39, 0.29) is 11.9 Å². The van der Waals surface area contributed by atoms with Crippen molar-refractivity contribution < 1.29 is 4.79 Å². The molecule has 3 rings (SSSR count). The van der Waals surface area contributed by atoms with Gasteiger partial charge in [-0.3, -0.25) is 4.79 Å². The summed E-state index contributed by atoms with van der Waals surface area (Å²) in [6.07, 6.45) is 2.28. The van der Waals surface area contributed by atoms with Crippen LogP contribution < -0.4 is 15.5 Å². The van der Waals surface area contributed by atoms with Crippen molar-refractivity contribution in [3.8, 4) is 0 Å². The van der Waals surface area contributed by atoms with Crippen LogP contribution in [0.5, 0.6) is 0 Å². The lowest BCUT2D eigenvalue weighted by molar-refractivity contribution is -0.114. The molecule has 0 saturated carbocycles. The Morgan fingerprint density at radius 1 is 1.20 bits per heavy atom. The van der Waals surface area contributed by atoms with Gasteiger partial charge >= 0.3 is 0 Å². The van der Waals surface area contributed by atoms with E-state index in [1.54, 1.807) is 0 Å². The van der Waals surface area contributed by atoms with Crippen LogP contribution >= 0.6 is 0 Å². The normalized spacial score (nSPS) is 14.2. The molecule has 0 bridgehead atoms. The van der Waals surface area contributed by atoms with Crippen molar-refractivity contribution in [3.05, 3.63) is 59.7 Å². The monoisotopic (exact) mass is 337 g/mol. The van der Waals surface area contributed by atoms with Crippen molar-refractivity contribution in [2.24, 2.45) is 0 Å². The first-order valence-corrected chi connectivity index (χ1v) is 9.07. The van der Waals surface area contributed by atoms with E-state index < -0.39 is 0 Å². The maximum atomic E-state index is 11.2. The van der Waals surface area contributed by atoms with Gasteiger partial charge in [0.2, 0.25) is 5.91 Å². The quantitative estimate of drug-likeness (QED) is 0.756. The van der Waals surface area contributed by atoms with Crippen molar-refractivity contribution in [1.29, 1.82) is 0 Å². The highest BCUT2D eigenvalue weighted by atomic mass is 16.1. The van der Waals surface area contributed by atoms with Crippen molar-refractivity contribution in [2.45, 2.75) is 32.7 Å². The number of benzene rings is 2. The molecule has 25 heavy (non-hydrogen) atoms. The van der Waals surface area contributed by atoms with E-state index in [9.17, 15) is 4.79 Å². The van der Waals surface area contributed by atoms with Crippen LogP contribution in [0.15, 0.2) is 48.5 Å². The Kier molecular flexibility index (Phi) is 5.71. The highest BCUT2D eigenvalue weighted by molar-refractivity contribution is 5.88. The Balaban J connectivity index is 1.46. The Bertz CT molecular complexity index is 729. The first-order valence-electron chi connectivity index (χ1n) is 9.07. The van der Waals surface area contributed by atoms with Crippen LogP contribution in [0.1, 0.15) is 37.4 Å². The molecule has 1 aliphatic rings. The van der Waals surface area contributed by atoms with E-state index >= 15 is 0 Å². The van der Waals surface area contributed by atoms with Crippen LogP contribution in [0, 0.1) is 0 Å². The predicted octanol–water partition coefficient (Wildman–Crippen LogP) is 3.75. The topological polar surface area (TPSA) is 44.4 Å². The van der Waals surface area contributed by atoms with Crippen molar-refractivity contribution in [2.75, 3.05) is 29.9 Å². The van der Waals surface area contributed by atoms with Gasteiger partial charge in [0, 0.05) is 37.4 Å². The summed E-state index contributed by atoms with van der Waals surface area (Å²) in [5.41, 5.74) is 4.92. The molecule has 0 fully saturated rings. The summed E-state index contributed by atoms with van der Waals surface area (Å²) in [7, 11) is 0. The molecule has 0 radical (unpaired) electrons. The third-order valence-electron chi connectivity index (χ3n) is 4.75. The van der Waals surface area contributed by atoms with Crippen LogP contribution in [-0.4, -0.2) is 25.5 Å². The largest absolute Gasteiger partial charge is 0.371 e. The first-order chi connectivity index (χ1) is 12.1. The molecule has 1 atom stereocenters. The number of hydrogen-bond acceptors (Lipinski definition) is 3. The lowest BCUT2D eigenvalue weighted by Gasteiger charge is -2.20. The third-order valence-corrected chi connectivity index (χ3v) is 4.75. The van der Waals surface area contributed by atoms with E-state index in [1.165, 1.54) is 23.7 Å². The van der Waals surface area contributed by atoms with Gasteiger partial charge in [-0.2, -0.15) is 0 Å². The summed E-state index contributed by atoms with van der Waals surface area (Å²) in [5.74, 6) is -0.0383. The summed E-state index contributed by atoms with van der Waals surface area (Å²) in [4.78, 5) is 13.7. The van der Waals surface area contributed by atoms with Gasteiger partial charge in [-0.05, 0) is 55.6 Å². The van der Waals surface area contributed by atoms with Gasteiger partial charge in [-0.1, -0.05) is 30.3 Å². The molecule has 1 aliphatic heterocycles. The zero-order chi connectivity index (χ0) is 17.6. The average molecular weight is 337 g/mol. The van der Waals surface area contributed by atoms with E-state index in [0.29, 0.717) is 0 Å². The Morgan fingerprint density at radius 2 is 2.04 bits per heavy atom. The average Bonchev–Trinajstić information content (AvgIpc) is 3.01. The van der Waals surface area contributed by atoms with Gasteiger partial charge in [-0.15, -0.1) is 0 Å². The smallest absolute Gasteiger partial charge is 0.221 e. The van der Waals surface area contributed by atoms with E-state index in [1.807, 2.05) is 18.2 Å². The molecule has 2 aromatic rings. The first kappa shape index (κ1) is 17.5. The van der Waals surface area contributed by atoms with Crippen LogP contribution in [0.4, 0.5) is 11.4 Å². The molecule has 1 heterocycles. The number of amides is 1. The maximum absolute atomic E-state index is 11.2. The summed E-state index contributed by atoms with van der Waals surface area (Å²) in [5, 5.41) is 6.43. The summed E-state index contributed by atoms with van der Waals surface area (Å²) < 4.78 is 0. The maximum Gasteiger partial charge on any atom is 0.221 e. The minimum absolute atomic E-state index is 0.0383. The number of rotatable bonds is 7.